The lowest BCUT2D eigenvalue weighted by molar-refractivity contribution is -0.118. The van der Waals surface area contributed by atoms with Gasteiger partial charge in [0.15, 0.2) is 5.78 Å². The summed E-state index contributed by atoms with van der Waals surface area (Å²) < 4.78 is 24.3. The molecule has 150 valence electrons. The van der Waals surface area contributed by atoms with Gasteiger partial charge < -0.3 is 4.90 Å². The molecule has 2 aromatic rings. The quantitative estimate of drug-likeness (QED) is 0.513. The van der Waals surface area contributed by atoms with Crippen molar-refractivity contribution in [1.29, 1.82) is 0 Å². The van der Waals surface area contributed by atoms with Gasteiger partial charge >= 0.3 is 0 Å². The van der Waals surface area contributed by atoms with Gasteiger partial charge in [0.2, 0.25) is 10.0 Å². The number of carbonyl (C=O) groups excluding carboxylic acids is 2. The first-order valence-electron chi connectivity index (χ1n) is 8.98. The summed E-state index contributed by atoms with van der Waals surface area (Å²) >= 11 is 0. The number of sulfonamides is 1. The SMILES string of the molecule is O=C(NNS(=O)(=O)Cc1ccccc1)C1=CN(CC(=O)c2ccccc2)C=CC1. The molecule has 1 aliphatic rings. The van der Waals surface area contributed by atoms with Crippen molar-refractivity contribution in [3.63, 3.8) is 0 Å². The second-order valence-electron chi connectivity index (χ2n) is 6.51. The number of Topliss-reactive ketones (excluding diaryl/α,β-unsaturated/α-hetero) is 1. The maximum absolute atomic E-state index is 12.3. The molecular formula is C21H21N3O4S. The topological polar surface area (TPSA) is 95.6 Å². The summed E-state index contributed by atoms with van der Waals surface area (Å²) in [5.41, 5.74) is 3.76. The first kappa shape index (κ1) is 20.5. The molecule has 29 heavy (non-hydrogen) atoms. The molecule has 0 unspecified atom stereocenters. The maximum Gasteiger partial charge on any atom is 0.263 e. The molecule has 0 aromatic heterocycles. The minimum atomic E-state index is -3.73. The van der Waals surface area contributed by atoms with E-state index in [9.17, 15) is 18.0 Å². The lowest BCUT2D eigenvalue weighted by atomic mass is 10.1. The number of hydrogen-bond donors (Lipinski definition) is 2. The molecule has 8 heteroatoms. The molecule has 0 saturated carbocycles. The molecule has 0 spiro atoms. The van der Waals surface area contributed by atoms with Crippen molar-refractivity contribution in [2.75, 3.05) is 6.54 Å². The average Bonchev–Trinajstić information content (AvgIpc) is 2.73. The zero-order valence-corrected chi connectivity index (χ0v) is 16.4. The standard InChI is InChI=1S/C21H21N3O4S/c25-20(18-10-5-2-6-11-18)15-24-13-7-12-19(14-24)21(26)22-23-29(27,28)16-17-8-3-1-4-9-17/h1-11,13-14,23H,12,15-16H2,(H,22,26). The monoisotopic (exact) mass is 411 g/mol. The Hall–Kier alpha value is -3.23. The summed E-state index contributed by atoms with van der Waals surface area (Å²) in [4.78, 5) is 28.4. The van der Waals surface area contributed by atoms with Crippen molar-refractivity contribution in [3.8, 4) is 0 Å². The lowest BCUT2D eigenvalue weighted by Gasteiger charge is -2.20. The number of nitrogens with one attached hydrogen (secondary N) is 2. The van der Waals surface area contributed by atoms with E-state index in [4.69, 9.17) is 0 Å². The number of allylic oxidation sites excluding steroid dienone is 1. The van der Waals surface area contributed by atoms with Crippen LogP contribution < -0.4 is 10.3 Å². The van der Waals surface area contributed by atoms with Crippen molar-refractivity contribution in [3.05, 3.63) is 95.8 Å². The van der Waals surface area contributed by atoms with Crippen LogP contribution in [0.2, 0.25) is 0 Å². The number of hydrazine groups is 1. The Labute approximate surface area is 169 Å². The molecule has 1 heterocycles. The maximum atomic E-state index is 12.3. The van der Waals surface area contributed by atoms with Gasteiger partial charge in [-0.05, 0) is 12.0 Å². The third-order valence-corrected chi connectivity index (χ3v) is 5.32. The Kier molecular flexibility index (Phi) is 6.58. The van der Waals surface area contributed by atoms with Crippen molar-refractivity contribution in [2.24, 2.45) is 0 Å². The molecule has 1 amide bonds. The predicted molar refractivity (Wildman–Crippen MR) is 110 cm³/mol. The highest BCUT2D eigenvalue weighted by Crippen LogP contribution is 2.13. The smallest absolute Gasteiger partial charge is 0.263 e. The second kappa shape index (κ2) is 9.31. The Balaban J connectivity index is 1.56. The van der Waals surface area contributed by atoms with Crippen LogP contribution in [0.3, 0.4) is 0 Å². The number of rotatable bonds is 8. The fourth-order valence-corrected chi connectivity index (χ4v) is 3.73. The molecule has 0 fully saturated rings. The molecule has 0 aliphatic carbocycles. The largest absolute Gasteiger partial charge is 0.346 e. The summed E-state index contributed by atoms with van der Waals surface area (Å²) in [7, 11) is -3.73. The van der Waals surface area contributed by atoms with Crippen LogP contribution in [0.15, 0.2) is 84.7 Å². The summed E-state index contributed by atoms with van der Waals surface area (Å²) in [5.74, 6) is -0.898. The molecular weight excluding hydrogens is 390 g/mol. The summed E-state index contributed by atoms with van der Waals surface area (Å²) in [6, 6.07) is 17.5. The van der Waals surface area contributed by atoms with E-state index in [0.717, 1.165) is 0 Å². The van der Waals surface area contributed by atoms with E-state index >= 15 is 0 Å². The molecule has 0 radical (unpaired) electrons. The second-order valence-corrected chi connectivity index (χ2v) is 8.23. The fraction of sp³-hybridized carbons (Fsp3) is 0.143. The molecule has 0 atom stereocenters. The average molecular weight is 411 g/mol. The Bertz CT molecular complexity index is 1030. The third kappa shape index (κ3) is 6.13. The van der Waals surface area contributed by atoms with Crippen molar-refractivity contribution >= 4 is 21.7 Å². The van der Waals surface area contributed by atoms with Crippen LogP contribution in [0.25, 0.3) is 0 Å². The zero-order valence-electron chi connectivity index (χ0n) is 15.6. The highest BCUT2D eigenvalue weighted by molar-refractivity contribution is 7.88. The zero-order chi connectivity index (χ0) is 20.7. The normalized spacial score (nSPS) is 13.7. The van der Waals surface area contributed by atoms with Gasteiger partial charge in [-0.15, -0.1) is 4.83 Å². The van der Waals surface area contributed by atoms with Crippen molar-refractivity contribution in [2.45, 2.75) is 12.2 Å². The van der Waals surface area contributed by atoms with Gasteiger partial charge in [-0.2, -0.15) is 0 Å². The van der Waals surface area contributed by atoms with Crippen LogP contribution in [-0.4, -0.2) is 31.6 Å². The van der Waals surface area contributed by atoms with Gasteiger partial charge in [-0.1, -0.05) is 66.7 Å². The Morgan fingerprint density at radius 3 is 2.31 bits per heavy atom. The summed E-state index contributed by atoms with van der Waals surface area (Å²) in [6.45, 7) is 0.0804. The highest BCUT2D eigenvalue weighted by atomic mass is 32.2. The van der Waals surface area contributed by atoms with E-state index in [1.807, 2.05) is 6.07 Å². The molecule has 2 N–H and O–H groups in total. The number of carbonyl (C=O) groups is 2. The van der Waals surface area contributed by atoms with Gasteiger partial charge in [0, 0.05) is 23.5 Å². The van der Waals surface area contributed by atoms with Gasteiger partial charge in [0.05, 0.1) is 12.3 Å². The first-order chi connectivity index (χ1) is 13.9. The van der Waals surface area contributed by atoms with Gasteiger partial charge in [-0.3, -0.25) is 15.0 Å². The number of nitrogens with zero attached hydrogens (tertiary/aromatic N) is 1. The molecule has 0 saturated heterocycles. The Morgan fingerprint density at radius 2 is 1.62 bits per heavy atom. The number of hydrogen-bond acceptors (Lipinski definition) is 5. The summed E-state index contributed by atoms with van der Waals surface area (Å²) in [5, 5.41) is 0. The highest BCUT2D eigenvalue weighted by Gasteiger charge is 2.18. The van der Waals surface area contributed by atoms with E-state index in [0.29, 0.717) is 23.1 Å². The minimum absolute atomic E-state index is 0.0804. The van der Waals surface area contributed by atoms with Crippen molar-refractivity contribution < 1.29 is 18.0 Å². The minimum Gasteiger partial charge on any atom is -0.346 e. The van der Waals surface area contributed by atoms with Gasteiger partial charge in [0.25, 0.3) is 5.91 Å². The van der Waals surface area contributed by atoms with Crippen LogP contribution in [0, 0.1) is 0 Å². The third-order valence-electron chi connectivity index (χ3n) is 4.19. The molecule has 0 bridgehead atoms. The van der Waals surface area contributed by atoms with E-state index in [1.165, 1.54) is 0 Å². The molecule has 3 rings (SSSR count). The summed E-state index contributed by atoms with van der Waals surface area (Å²) in [6.07, 6.45) is 5.34. The van der Waals surface area contributed by atoms with Gasteiger partial charge in [0.1, 0.15) is 0 Å². The lowest BCUT2D eigenvalue weighted by Crippen LogP contribution is -2.43. The van der Waals surface area contributed by atoms with Crippen LogP contribution in [0.5, 0.6) is 0 Å². The molecule has 2 aromatic carbocycles. The van der Waals surface area contributed by atoms with Crippen LogP contribution in [-0.2, 0) is 20.6 Å². The Morgan fingerprint density at radius 1 is 0.966 bits per heavy atom. The van der Waals surface area contributed by atoms with Gasteiger partial charge in [-0.25, -0.2) is 8.42 Å². The molecule has 1 aliphatic heterocycles. The van der Waals surface area contributed by atoms with Crippen LogP contribution in [0.1, 0.15) is 22.3 Å². The van der Waals surface area contributed by atoms with E-state index < -0.39 is 15.9 Å². The van der Waals surface area contributed by atoms with E-state index in [2.05, 4.69) is 10.3 Å². The fourth-order valence-electron chi connectivity index (χ4n) is 2.78. The van der Waals surface area contributed by atoms with Crippen molar-refractivity contribution in [1.82, 2.24) is 15.2 Å². The van der Waals surface area contributed by atoms with E-state index in [-0.39, 0.29) is 18.1 Å². The van der Waals surface area contributed by atoms with Crippen LogP contribution in [0.4, 0.5) is 0 Å². The number of benzene rings is 2. The molecule has 7 nitrogen and oxygen atoms in total. The first-order valence-corrected chi connectivity index (χ1v) is 10.6. The van der Waals surface area contributed by atoms with Crippen LogP contribution >= 0.6 is 0 Å². The number of ketones is 1. The predicted octanol–water partition coefficient (Wildman–Crippen LogP) is 2.12. The van der Waals surface area contributed by atoms with E-state index in [1.54, 1.807) is 78.0 Å². The number of amides is 1.